The number of hydrogen-bond donors (Lipinski definition) is 0. The van der Waals surface area contributed by atoms with Crippen LogP contribution in [0.25, 0.3) is 22.0 Å². The van der Waals surface area contributed by atoms with Crippen LogP contribution in [0.5, 0.6) is 0 Å². The number of anilines is 1. The zero-order valence-corrected chi connectivity index (χ0v) is 14.5. The number of nitrogens with zero attached hydrogens (tertiary/aromatic N) is 3. The van der Waals surface area contributed by atoms with Crippen molar-refractivity contribution in [3.05, 3.63) is 90.1 Å². The Morgan fingerprint density at radius 2 is 1.58 bits per heavy atom. The van der Waals surface area contributed by atoms with E-state index in [1.54, 1.807) is 0 Å². The lowest BCUT2D eigenvalue weighted by atomic mass is 10.0. The molecule has 0 saturated carbocycles. The molecule has 1 aromatic heterocycles. The summed E-state index contributed by atoms with van der Waals surface area (Å²) in [6.45, 7) is 1.83. The molecule has 3 nitrogen and oxygen atoms in total. The number of hydrogen-bond acceptors (Lipinski definition) is 3. The van der Waals surface area contributed by atoms with Gasteiger partial charge in [0, 0.05) is 24.8 Å². The first-order valence-corrected chi connectivity index (χ1v) is 9.01. The van der Waals surface area contributed by atoms with E-state index in [9.17, 15) is 0 Å². The molecule has 0 N–H and O–H groups in total. The van der Waals surface area contributed by atoms with E-state index in [1.165, 1.54) is 21.9 Å². The van der Waals surface area contributed by atoms with Crippen molar-refractivity contribution < 1.29 is 0 Å². The SMILES string of the molecule is c1ccc2c(c1)CCN(c1nccc(-c3ccc4ccccc4c3)n1)C2. The first-order valence-electron chi connectivity index (χ1n) is 9.01. The van der Waals surface area contributed by atoms with Gasteiger partial charge in [0.05, 0.1) is 5.69 Å². The molecule has 0 bridgehead atoms. The second-order valence-electron chi connectivity index (χ2n) is 6.74. The maximum atomic E-state index is 4.86. The van der Waals surface area contributed by atoms with Crippen LogP contribution in [-0.4, -0.2) is 16.5 Å². The van der Waals surface area contributed by atoms with Gasteiger partial charge in [-0.2, -0.15) is 0 Å². The molecule has 0 amide bonds. The van der Waals surface area contributed by atoms with Crippen LogP contribution >= 0.6 is 0 Å². The Morgan fingerprint density at radius 1 is 0.769 bits per heavy atom. The zero-order valence-electron chi connectivity index (χ0n) is 14.5. The van der Waals surface area contributed by atoms with Gasteiger partial charge >= 0.3 is 0 Å². The van der Waals surface area contributed by atoms with Gasteiger partial charge < -0.3 is 4.90 Å². The summed E-state index contributed by atoms with van der Waals surface area (Å²) in [6.07, 6.45) is 2.91. The van der Waals surface area contributed by atoms with Crippen molar-refractivity contribution in [2.75, 3.05) is 11.4 Å². The molecule has 5 rings (SSSR count). The average molecular weight is 337 g/mol. The summed E-state index contributed by atoms with van der Waals surface area (Å²) in [6, 6.07) is 25.6. The highest BCUT2D eigenvalue weighted by Gasteiger charge is 2.18. The fraction of sp³-hybridized carbons (Fsp3) is 0.130. The van der Waals surface area contributed by atoms with E-state index in [0.29, 0.717) is 0 Å². The number of fused-ring (bicyclic) bond motifs is 2. The van der Waals surface area contributed by atoms with Crippen molar-refractivity contribution in [3.8, 4) is 11.3 Å². The Hall–Kier alpha value is -3.20. The van der Waals surface area contributed by atoms with Crippen LogP contribution in [0.1, 0.15) is 11.1 Å². The fourth-order valence-electron chi connectivity index (χ4n) is 3.68. The molecule has 2 heterocycles. The van der Waals surface area contributed by atoms with E-state index in [-0.39, 0.29) is 0 Å². The molecular formula is C23H19N3. The predicted octanol–water partition coefficient (Wildman–Crippen LogP) is 4.86. The minimum atomic E-state index is 0.810. The standard InChI is InChI=1S/C23H19N3/c1-3-7-19-15-20(10-9-17(19)5-1)22-11-13-24-23(25-22)26-14-12-18-6-2-4-8-21(18)16-26/h1-11,13,15H,12,14,16H2. The monoisotopic (exact) mass is 337 g/mol. The third-order valence-electron chi connectivity index (χ3n) is 5.10. The van der Waals surface area contributed by atoms with E-state index in [2.05, 4.69) is 76.6 Å². The molecule has 0 saturated heterocycles. The molecule has 0 spiro atoms. The summed E-state index contributed by atoms with van der Waals surface area (Å²) in [7, 11) is 0. The van der Waals surface area contributed by atoms with Crippen molar-refractivity contribution in [1.29, 1.82) is 0 Å². The highest BCUT2D eigenvalue weighted by atomic mass is 15.2. The summed E-state index contributed by atoms with van der Waals surface area (Å²) in [5.74, 6) is 0.810. The van der Waals surface area contributed by atoms with Gasteiger partial charge in [-0.3, -0.25) is 0 Å². The van der Waals surface area contributed by atoms with Crippen molar-refractivity contribution in [2.24, 2.45) is 0 Å². The summed E-state index contributed by atoms with van der Waals surface area (Å²) >= 11 is 0. The van der Waals surface area contributed by atoms with Gasteiger partial charge in [0.15, 0.2) is 0 Å². The topological polar surface area (TPSA) is 29.0 Å². The molecule has 26 heavy (non-hydrogen) atoms. The van der Waals surface area contributed by atoms with Crippen LogP contribution in [0.4, 0.5) is 5.95 Å². The van der Waals surface area contributed by atoms with Crippen LogP contribution in [-0.2, 0) is 13.0 Å². The van der Waals surface area contributed by atoms with Crippen molar-refractivity contribution in [1.82, 2.24) is 9.97 Å². The van der Waals surface area contributed by atoms with E-state index in [1.807, 2.05) is 12.3 Å². The second kappa shape index (κ2) is 6.26. The quantitative estimate of drug-likeness (QED) is 0.523. The third kappa shape index (κ3) is 2.72. The highest BCUT2D eigenvalue weighted by molar-refractivity contribution is 5.86. The zero-order chi connectivity index (χ0) is 17.3. The van der Waals surface area contributed by atoms with Gasteiger partial charge in [-0.15, -0.1) is 0 Å². The summed E-state index contributed by atoms with van der Waals surface area (Å²) in [5, 5.41) is 2.48. The van der Waals surface area contributed by atoms with Crippen molar-refractivity contribution in [3.63, 3.8) is 0 Å². The Morgan fingerprint density at radius 3 is 2.50 bits per heavy atom. The Kier molecular flexibility index (Phi) is 3.64. The third-order valence-corrected chi connectivity index (χ3v) is 5.10. The highest BCUT2D eigenvalue weighted by Crippen LogP contribution is 2.26. The Bertz CT molecular complexity index is 1090. The molecular weight excluding hydrogens is 318 g/mol. The molecule has 1 aliphatic heterocycles. The summed E-state index contributed by atoms with van der Waals surface area (Å²) in [5.41, 5.74) is 4.91. The van der Waals surface area contributed by atoms with Gasteiger partial charge in [0.25, 0.3) is 0 Å². The lowest BCUT2D eigenvalue weighted by molar-refractivity contribution is 0.708. The second-order valence-corrected chi connectivity index (χ2v) is 6.74. The van der Waals surface area contributed by atoms with E-state index in [4.69, 9.17) is 4.98 Å². The molecule has 126 valence electrons. The number of aromatic nitrogens is 2. The smallest absolute Gasteiger partial charge is 0.226 e. The minimum absolute atomic E-state index is 0.810. The van der Waals surface area contributed by atoms with Gasteiger partial charge in [0.2, 0.25) is 5.95 Å². The molecule has 4 aromatic rings. The molecule has 0 atom stereocenters. The van der Waals surface area contributed by atoms with Gasteiger partial charge in [-0.05, 0) is 40.5 Å². The molecule has 0 unspecified atom stereocenters. The summed E-state index contributed by atoms with van der Waals surface area (Å²) < 4.78 is 0. The normalized spacial score (nSPS) is 13.6. The van der Waals surface area contributed by atoms with Gasteiger partial charge in [-0.25, -0.2) is 9.97 Å². The van der Waals surface area contributed by atoms with Crippen LogP contribution in [0.3, 0.4) is 0 Å². The largest absolute Gasteiger partial charge is 0.336 e. The van der Waals surface area contributed by atoms with Crippen molar-refractivity contribution >= 4 is 16.7 Å². The number of rotatable bonds is 2. The van der Waals surface area contributed by atoms with Gasteiger partial charge in [-0.1, -0.05) is 60.7 Å². The van der Waals surface area contributed by atoms with E-state index < -0.39 is 0 Å². The van der Waals surface area contributed by atoms with Crippen LogP contribution in [0.2, 0.25) is 0 Å². The van der Waals surface area contributed by atoms with E-state index >= 15 is 0 Å². The molecule has 0 aliphatic carbocycles. The molecule has 3 heteroatoms. The fourth-order valence-corrected chi connectivity index (χ4v) is 3.68. The summed E-state index contributed by atoms with van der Waals surface area (Å²) in [4.78, 5) is 11.7. The minimum Gasteiger partial charge on any atom is -0.336 e. The average Bonchev–Trinajstić information content (AvgIpc) is 2.73. The first-order chi connectivity index (χ1) is 12.9. The first kappa shape index (κ1) is 15.1. The van der Waals surface area contributed by atoms with Gasteiger partial charge in [0.1, 0.15) is 0 Å². The molecule has 3 aromatic carbocycles. The van der Waals surface area contributed by atoms with Crippen LogP contribution in [0.15, 0.2) is 79.0 Å². The van der Waals surface area contributed by atoms with Crippen molar-refractivity contribution in [2.45, 2.75) is 13.0 Å². The maximum Gasteiger partial charge on any atom is 0.226 e. The van der Waals surface area contributed by atoms with Crippen LogP contribution < -0.4 is 4.90 Å². The predicted molar refractivity (Wildman–Crippen MR) is 106 cm³/mol. The lowest BCUT2D eigenvalue weighted by Gasteiger charge is -2.29. The molecule has 0 radical (unpaired) electrons. The molecule has 0 fully saturated rings. The molecule has 1 aliphatic rings. The van der Waals surface area contributed by atoms with E-state index in [0.717, 1.165) is 36.7 Å². The van der Waals surface area contributed by atoms with Crippen LogP contribution in [0, 0.1) is 0 Å². The lowest BCUT2D eigenvalue weighted by Crippen LogP contribution is -2.31. The Labute approximate surface area is 153 Å². The maximum absolute atomic E-state index is 4.86. The number of benzene rings is 3. The Balaban J connectivity index is 1.49.